The maximum absolute atomic E-state index is 5.56. The van der Waals surface area contributed by atoms with Crippen molar-refractivity contribution in [2.75, 3.05) is 13.2 Å². The van der Waals surface area contributed by atoms with Crippen LogP contribution in [0.25, 0.3) is 0 Å². The van der Waals surface area contributed by atoms with Gasteiger partial charge in [-0.05, 0) is 0 Å². The Balaban J connectivity index is 4.33. The Kier molecular flexibility index (Phi) is 6.82. The van der Waals surface area contributed by atoms with E-state index < -0.39 is 17.8 Å². The second kappa shape index (κ2) is 6.13. The Morgan fingerprint density at radius 2 is 1.54 bits per heavy atom. The van der Waals surface area contributed by atoms with Crippen molar-refractivity contribution in [2.45, 2.75) is 31.1 Å². The molecule has 0 aromatic carbocycles. The van der Waals surface area contributed by atoms with Crippen molar-refractivity contribution in [1.82, 2.24) is 0 Å². The summed E-state index contributed by atoms with van der Waals surface area (Å²) in [4.78, 5) is 0. The first-order chi connectivity index (χ1) is 5.83. The molecule has 0 saturated carbocycles. The molecule has 80 valence electrons. The Morgan fingerprint density at radius 3 is 1.77 bits per heavy atom. The van der Waals surface area contributed by atoms with Gasteiger partial charge in [0.25, 0.3) is 0 Å². The van der Waals surface area contributed by atoms with Crippen LogP contribution in [-0.4, -0.2) is 25.3 Å². The van der Waals surface area contributed by atoms with Crippen molar-refractivity contribution in [2.24, 2.45) is 0 Å². The number of hydrogen-bond donors (Lipinski definition) is 0. The minimum absolute atomic E-state index is 0.655. The first-order valence-electron chi connectivity index (χ1n) is 4.43. The average Bonchev–Trinajstić information content (AvgIpc) is 1.82. The van der Waals surface area contributed by atoms with E-state index in [1.165, 1.54) is 0 Å². The van der Waals surface area contributed by atoms with E-state index in [4.69, 9.17) is 20.9 Å². The van der Waals surface area contributed by atoms with Crippen molar-refractivity contribution >= 4 is 39.3 Å². The summed E-state index contributed by atoms with van der Waals surface area (Å²) in [6.45, 7) is 5.25. The van der Waals surface area contributed by atoms with Crippen LogP contribution >= 0.6 is 15.4 Å². The standard InChI is InChI=1S/C7H19GeO2PS2/c1-6-9-11(12,10-7-2)13-8(3,4)5/h6-7H2,1-5H3. The average molecular weight is 303 g/mol. The Morgan fingerprint density at radius 1 is 1.15 bits per heavy atom. The second-order valence-electron chi connectivity index (χ2n) is 3.49. The van der Waals surface area contributed by atoms with Gasteiger partial charge in [0, 0.05) is 0 Å². The quantitative estimate of drug-likeness (QED) is 0.548. The summed E-state index contributed by atoms with van der Waals surface area (Å²) in [7, 11) is 1.82. The molecule has 13 heavy (non-hydrogen) atoms. The molecule has 0 aromatic rings. The Labute approximate surface area is 92.4 Å². The van der Waals surface area contributed by atoms with E-state index in [0.29, 0.717) is 13.2 Å². The van der Waals surface area contributed by atoms with Crippen LogP contribution in [0.3, 0.4) is 0 Å². The first kappa shape index (κ1) is 14.5. The molecule has 6 heteroatoms. The van der Waals surface area contributed by atoms with Gasteiger partial charge in [-0.3, -0.25) is 0 Å². The van der Waals surface area contributed by atoms with Gasteiger partial charge < -0.3 is 0 Å². The molecule has 0 spiro atoms. The molecule has 0 atom stereocenters. The molecule has 0 heterocycles. The molecule has 0 rings (SSSR count). The molecule has 2 nitrogen and oxygen atoms in total. The van der Waals surface area contributed by atoms with Crippen molar-refractivity contribution in [3.8, 4) is 0 Å². The predicted molar refractivity (Wildman–Crippen MR) is 68.5 cm³/mol. The van der Waals surface area contributed by atoms with E-state index in [2.05, 4.69) is 17.3 Å². The summed E-state index contributed by atoms with van der Waals surface area (Å²) in [5.74, 6) is 6.93. The van der Waals surface area contributed by atoms with Crippen LogP contribution in [0.15, 0.2) is 0 Å². The molecule has 0 fully saturated rings. The fourth-order valence-corrected chi connectivity index (χ4v) is 30.9. The van der Waals surface area contributed by atoms with E-state index in [0.717, 1.165) is 0 Å². The molecule has 0 aromatic heterocycles. The molecule has 0 aliphatic carbocycles. The molecule has 0 aliphatic heterocycles. The summed E-state index contributed by atoms with van der Waals surface area (Å²) in [5, 5.41) is 0. The predicted octanol–water partition coefficient (Wildman–Crippen LogP) is 3.85. The van der Waals surface area contributed by atoms with Crippen LogP contribution in [0.1, 0.15) is 13.8 Å². The molecule has 0 amide bonds. The van der Waals surface area contributed by atoms with Crippen LogP contribution in [0.4, 0.5) is 0 Å². The Bertz CT molecular complexity index is 183. The van der Waals surface area contributed by atoms with E-state index in [-0.39, 0.29) is 0 Å². The summed E-state index contributed by atoms with van der Waals surface area (Å²) in [6, 6.07) is 0. The fraction of sp³-hybridized carbons (Fsp3) is 1.00. The minimum atomic E-state index is -2.01. The van der Waals surface area contributed by atoms with Gasteiger partial charge in [0.1, 0.15) is 0 Å². The van der Waals surface area contributed by atoms with Crippen LogP contribution in [0.5, 0.6) is 0 Å². The van der Waals surface area contributed by atoms with Gasteiger partial charge in [0.2, 0.25) is 0 Å². The molecular weight excluding hydrogens is 284 g/mol. The van der Waals surface area contributed by atoms with Crippen LogP contribution in [0.2, 0.25) is 17.3 Å². The van der Waals surface area contributed by atoms with Crippen molar-refractivity contribution in [1.29, 1.82) is 0 Å². The van der Waals surface area contributed by atoms with E-state index in [1.807, 2.05) is 23.6 Å². The van der Waals surface area contributed by atoms with E-state index >= 15 is 0 Å². The van der Waals surface area contributed by atoms with Crippen LogP contribution < -0.4 is 0 Å². The monoisotopic (exact) mass is 304 g/mol. The molecule has 0 unspecified atom stereocenters. The zero-order chi connectivity index (χ0) is 10.5. The van der Waals surface area contributed by atoms with Crippen LogP contribution in [0, 0.1) is 0 Å². The van der Waals surface area contributed by atoms with Gasteiger partial charge in [-0.25, -0.2) is 0 Å². The van der Waals surface area contributed by atoms with Crippen molar-refractivity contribution in [3.63, 3.8) is 0 Å². The van der Waals surface area contributed by atoms with Gasteiger partial charge in [-0.1, -0.05) is 0 Å². The zero-order valence-electron chi connectivity index (χ0n) is 8.99. The summed E-state index contributed by atoms with van der Waals surface area (Å²) in [5.41, 5.74) is -2.01. The normalized spacial score (nSPS) is 13.3. The SMILES string of the molecule is CCOP(=S)(OCC)[S][Ge]([CH3])([CH3])[CH3]. The van der Waals surface area contributed by atoms with Gasteiger partial charge in [0.05, 0.1) is 0 Å². The summed E-state index contributed by atoms with van der Waals surface area (Å²) < 4.78 is 11.1. The van der Waals surface area contributed by atoms with E-state index in [1.54, 1.807) is 0 Å². The molecular formula is C7H19GeO2PS2. The van der Waals surface area contributed by atoms with Crippen molar-refractivity contribution < 1.29 is 9.05 Å². The molecule has 0 N–H and O–H groups in total. The zero-order valence-corrected chi connectivity index (χ0v) is 13.6. The summed E-state index contributed by atoms with van der Waals surface area (Å²) >= 11 is 3.70. The summed E-state index contributed by atoms with van der Waals surface area (Å²) in [6.07, 6.45) is 0. The maximum atomic E-state index is 5.56. The molecule has 0 bridgehead atoms. The molecule has 0 aliphatic rings. The Hall–Kier alpha value is 1.46. The van der Waals surface area contributed by atoms with Crippen molar-refractivity contribution in [3.05, 3.63) is 0 Å². The molecule has 0 radical (unpaired) electrons. The fourth-order valence-electron chi connectivity index (χ4n) is 0.742. The molecule has 0 saturated heterocycles. The number of hydrogen-bond acceptors (Lipinski definition) is 4. The third-order valence-corrected chi connectivity index (χ3v) is 24.5. The van der Waals surface area contributed by atoms with E-state index in [9.17, 15) is 0 Å². The number of rotatable bonds is 6. The van der Waals surface area contributed by atoms with Gasteiger partial charge >= 0.3 is 92.7 Å². The topological polar surface area (TPSA) is 18.5 Å². The third kappa shape index (κ3) is 7.40. The second-order valence-corrected chi connectivity index (χ2v) is 27.9. The van der Waals surface area contributed by atoms with Gasteiger partial charge in [-0.15, -0.1) is 0 Å². The third-order valence-electron chi connectivity index (χ3n) is 0.960. The van der Waals surface area contributed by atoms with Gasteiger partial charge in [0.15, 0.2) is 0 Å². The van der Waals surface area contributed by atoms with Gasteiger partial charge in [-0.2, -0.15) is 0 Å². The first-order valence-corrected chi connectivity index (χ1v) is 17.3. The van der Waals surface area contributed by atoms with Crippen LogP contribution in [-0.2, 0) is 20.9 Å².